The molecule has 1 aromatic heterocycles. The normalized spacial score (nSPS) is 13.2. The fraction of sp³-hybridized carbons (Fsp3) is 0.474. The second kappa shape index (κ2) is 9.20. The minimum absolute atomic E-state index is 0.370. The summed E-state index contributed by atoms with van der Waals surface area (Å²) < 4.78 is 5.83. The molecule has 0 fully saturated rings. The van der Waals surface area contributed by atoms with Gasteiger partial charge in [0, 0.05) is 11.8 Å². The zero-order chi connectivity index (χ0) is 18.3. The van der Waals surface area contributed by atoms with Gasteiger partial charge >= 0.3 is 0 Å². The molecule has 0 saturated carbocycles. The van der Waals surface area contributed by atoms with E-state index in [0.29, 0.717) is 11.3 Å². The Morgan fingerprint density at radius 3 is 2.44 bits per heavy atom. The number of ether oxygens (including phenoxy) is 1. The summed E-state index contributed by atoms with van der Waals surface area (Å²) in [4.78, 5) is 2.57. The van der Waals surface area contributed by atoms with Gasteiger partial charge in [0.2, 0.25) is 0 Å². The molecule has 1 N–H and O–H groups in total. The van der Waals surface area contributed by atoms with Gasteiger partial charge in [-0.05, 0) is 60.6 Å². The predicted octanol–water partition coefficient (Wildman–Crippen LogP) is 7.57. The number of hydrogen-bond acceptors (Lipinski definition) is 5. The number of halogens is 1. The molecule has 25 heavy (non-hydrogen) atoms. The summed E-state index contributed by atoms with van der Waals surface area (Å²) in [6.45, 7) is 9.86. The molecule has 4 nitrogen and oxygen atoms in total. The third-order valence-corrected chi connectivity index (χ3v) is 4.83. The van der Waals surface area contributed by atoms with Gasteiger partial charge in [-0.3, -0.25) is 4.84 Å². The number of nitrogens with one attached hydrogen (secondary N) is 1. The summed E-state index contributed by atoms with van der Waals surface area (Å²) in [6.07, 6.45) is 2.27. The van der Waals surface area contributed by atoms with Gasteiger partial charge in [0.15, 0.2) is 0 Å². The number of azo groups is 1. The van der Waals surface area contributed by atoms with Crippen molar-refractivity contribution >= 4 is 38.8 Å². The molecule has 0 bridgehead atoms. The lowest BCUT2D eigenvalue weighted by Crippen LogP contribution is -2.13. The van der Waals surface area contributed by atoms with E-state index >= 15 is 0 Å². The highest BCUT2D eigenvalue weighted by molar-refractivity contribution is 7.19. The Morgan fingerprint density at radius 1 is 1.12 bits per heavy atom. The largest absolute Gasteiger partial charge is 0.494 e. The minimum Gasteiger partial charge on any atom is -0.494 e. The van der Waals surface area contributed by atoms with Gasteiger partial charge in [-0.1, -0.05) is 39.0 Å². The van der Waals surface area contributed by atoms with Gasteiger partial charge in [0.1, 0.15) is 15.8 Å². The quantitative estimate of drug-likeness (QED) is 0.379. The molecule has 2 rings (SSSR count). The van der Waals surface area contributed by atoms with Crippen molar-refractivity contribution in [3.8, 4) is 5.75 Å². The first kappa shape index (κ1) is 19.7. The highest BCUT2D eigenvalue weighted by Crippen LogP contribution is 2.31. The van der Waals surface area contributed by atoms with Crippen LogP contribution in [-0.2, 0) is 0 Å². The highest BCUT2D eigenvalue weighted by Gasteiger charge is 2.15. The van der Waals surface area contributed by atoms with Crippen LogP contribution in [0.3, 0.4) is 0 Å². The van der Waals surface area contributed by atoms with Crippen LogP contribution < -0.4 is 9.57 Å². The Hall–Kier alpha value is -1.59. The van der Waals surface area contributed by atoms with Crippen molar-refractivity contribution in [3.63, 3.8) is 0 Å². The molecule has 2 aromatic rings. The molecule has 0 saturated heterocycles. The van der Waals surface area contributed by atoms with Crippen molar-refractivity contribution in [3.05, 3.63) is 36.4 Å². The van der Waals surface area contributed by atoms with Gasteiger partial charge in [-0.2, -0.15) is 0 Å². The Balaban J connectivity index is 1.79. The molecule has 1 atom stereocenters. The molecule has 0 aliphatic heterocycles. The van der Waals surface area contributed by atoms with Gasteiger partial charge in [-0.25, -0.2) is 0 Å². The standard InChI is InChI=1S/C19H26ClN3OS/c1-14(13-19(2,3)4)11-12-24-16-7-5-15(6-8-16)22-23-18-10-9-17(21-20)25-18/h5-10,14,21H,11-13H2,1-4H3/b23-22+. The van der Waals surface area contributed by atoms with Crippen LogP contribution in [0, 0.1) is 11.3 Å². The van der Waals surface area contributed by atoms with E-state index in [2.05, 4.69) is 42.8 Å². The maximum Gasteiger partial charge on any atom is 0.140 e. The van der Waals surface area contributed by atoms with Crippen molar-refractivity contribution in [1.82, 2.24) is 0 Å². The number of anilines is 1. The summed E-state index contributed by atoms with van der Waals surface area (Å²) in [6, 6.07) is 11.4. The third-order valence-electron chi connectivity index (χ3n) is 3.63. The number of hydrogen-bond donors (Lipinski definition) is 1. The highest BCUT2D eigenvalue weighted by atomic mass is 35.5. The van der Waals surface area contributed by atoms with E-state index < -0.39 is 0 Å². The van der Waals surface area contributed by atoms with Crippen molar-refractivity contribution in [1.29, 1.82) is 0 Å². The van der Waals surface area contributed by atoms with Crippen LogP contribution in [0.15, 0.2) is 46.6 Å². The number of thiophene rings is 1. The zero-order valence-corrected chi connectivity index (χ0v) is 16.8. The molecule has 1 heterocycles. The fourth-order valence-electron chi connectivity index (χ4n) is 2.67. The summed E-state index contributed by atoms with van der Waals surface area (Å²) in [5.41, 5.74) is 1.16. The van der Waals surface area contributed by atoms with Crippen molar-refractivity contribution in [2.45, 2.75) is 40.5 Å². The first-order valence-electron chi connectivity index (χ1n) is 8.47. The Bertz CT molecular complexity index is 677. The van der Waals surface area contributed by atoms with Crippen LogP contribution in [0.5, 0.6) is 5.75 Å². The molecule has 1 unspecified atom stereocenters. The lowest BCUT2D eigenvalue weighted by Gasteiger charge is -2.23. The number of nitrogens with zero attached hydrogens (tertiary/aromatic N) is 2. The summed E-state index contributed by atoms with van der Waals surface area (Å²) in [7, 11) is 0. The van der Waals surface area contributed by atoms with Crippen LogP contribution >= 0.6 is 23.1 Å². The SMILES string of the molecule is CC(CCOc1ccc(/N=N/c2ccc(NCl)s2)cc1)CC(C)(C)C. The summed E-state index contributed by atoms with van der Waals surface area (Å²) in [5.74, 6) is 1.53. The topological polar surface area (TPSA) is 46.0 Å². The Labute approximate surface area is 159 Å². The fourth-order valence-corrected chi connectivity index (χ4v) is 3.47. The van der Waals surface area contributed by atoms with E-state index in [0.717, 1.165) is 34.5 Å². The molecule has 0 aliphatic rings. The Kier molecular flexibility index (Phi) is 7.26. The molecular weight excluding hydrogens is 354 g/mol. The van der Waals surface area contributed by atoms with Crippen LogP contribution in [0.4, 0.5) is 15.7 Å². The van der Waals surface area contributed by atoms with Crippen molar-refractivity contribution in [2.24, 2.45) is 21.6 Å². The summed E-state index contributed by atoms with van der Waals surface area (Å²) >= 11 is 6.99. The van der Waals surface area contributed by atoms with E-state index in [1.54, 1.807) is 0 Å². The Morgan fingerprint density at radius 2 is 1.84 bits per heavy atom. The van der Waals surface area contributed by atoms with Crippen LogP contribution in [0.1, 0.15) is 40.5 Å². The first-order valence-corrected chi connectivity index (χ1v) is 9.66. The van der Waals surface area contributed by atoms with E-state index in [1.165, 1.54) is 17.8 Å². The minimum atomic E-state index is 0.370. The molecule has 0 radical (unpaired) electrons. The van der Waals surface area contributed by atoms with Gasteiger partial charge in [0.25, 0.3) is 0 Å². The third kappa shape index (κ3) is 7.45. The molecule has 0 spiro atoms. The average molecular weight is 380 g/mol. The molecule has 6 heteroatoms. The van der Waals surface area contributed by atoms with Gasteiger partial charge < -0.3 is 4.74 Å². The predicted molar refractivity (Wildman–Crippen MR) is 108 cm³/mol. The molecule has 0 aliphatic carbocycles. The van der Waals surface area contributed by atoms with Gasteiger partial charge in [-0.15, -0.1) is 10.2 Å². The lowest BCUT2D eigenvalue weighted by molar-refractivity contribution is 0.240. The second-order valence-electron chi connectivity index (χ2n) is 7.43. The molecular formula is C19H26ClN3OS. The van der Waals surface area contributed by atoms with Crippen LogP contribution in [0.25, 0.3) is 0 Å². The van der Waals surface area contributed by atoms with Crippen molar-refractivity contribution in [2.75, 3.05) is 11.4 Å². The molecule has 1 aromatic carbocycles. The lowest BCUT2D eigenvalue weighted by atomic mass is 9.84. The van der Waals surface area contributed by atoms with E-state index in [1.807, 2.05) is 36.4 Å². The monoisotopic (exact) mass is 379 g/mol. The maximum atomic E-state index is 5.83. The van der Waals surface area contributed by atoms with E-state index in [4.69, 9.17) is 16.5 Å². The zero-order valence-electron chi connectivity index (χ0n) is 15.3. The van der Waals surface area contributed by atoms with Crippen LogP contribution in [-0.4, -0.2) is 6.61 Å². The van der Waals surface area contributed by atoms with Gasteiger partial charge in [0.05, 0.1) is 12.3 Å². The second-order valence-corrected chi connectivity index (χ2v) is 8.68. The van der Waals surface area contributed by atoms with E-state index in [9.17, 15) is 0 Å². The van der Waals surface area contributed by atoms with E-state index in [-0.39, 0.29) is 0 Å². The number of benzene rings is 1. The first-order chi connectivity index (χ1) is 11.9. The molecule has 0 amide bonds. The average Bonchev–Trinajstić information content (AvgIpc) is 3.00. The number of rotatable bonds is 8. The van der Waals surface area contributed by atoms with Crippen LogP contribution in [0.2, 0.25) is 0 Å². The van der Waals surface area contributed by atoms with Crippen molar-refractivity contribution < 1.29 is 4.74 Å². The smallest absolute Gasteiger partial charge is 0.140 e. The maximum absolute atomic E-state index is 5.83. The molecule has 136 valence electrons. The summed E-state index contributed by atoms with van der Waals surface area (Å²) in [5, 5.41) is 10.1.